The summed E-state index contributed by atoms with van der Waals surface area (Å²) < 4.78 is 24.8. The highest BCUT2D eigenvalue weighted by molar-refractivity contribution is 8.00. The summed E-state index contributed by atoms with van der Waals surface area (Å²) in [7, 11) is -3.40. The van der Waals surface area contributed by atoms with Crippen molar-refractivity contribution >= 4 is 26.1 Å². The maximum absolute atomic E-state index is 12.4. The summed E-state index contributed by atoms with van der Waals surface area (Å²) in [5.41, 5.74) is 0. The molecule has 1 aromatic carbocycles. The number of thiophene rings is 1. The van der Waals surface area contributed by atoms with E-state index in [1.54, 1.807) is 43.3 Å². The first kappa shape index (κ1) is 12.1. The van der Waals surface area contributed by atoms with Crippen molar-refractivity contribution in [3.63, 3.8) is 0 Å². The van der Waals surface area contributed by atoms with Gasteiger partial charge < -0.3 is 0 Å². The van der Waals surface area contributed by atoms with Crippen LogP contribution in [0.25, 0.3) is 4.91 Å². The first-order valence-corrected chi connectivity index (χ1v) is 7.53. The Kier molecular flexibility index (Phi) is 3.45. The molecule has 2 nitrogen and oxygen atoms in total. The summed E-state index contributed by atoms with van der Waals surface area (Å²) in [6, 6.07) is 12.2. The fourth-order valence-electron chi connectivity index (χ4n) is 1.58. The molecule has 0 N–H and O–H groups in total. The summed E-state index contributed by atoms with van der Waals surface area (Å²) in [4.78, 5) is 1.48. The van der Waals surface area contributed by atoms with Crippen molar-refractivity contribution in [3.05, 3.63) is 58.8 Å². The average Bonchev–Trinajstić information content (AvgIpc) is 2.84. The molecule has 1 heterocycles. The van der Waals surface area contributed by atoms with E-state index in [0.717, 1.165) is 4.88 Å². The van der Waals surface area contributed by atoms with Gasteiger partial charge >= 0.3 is 0 Å². The SMILES string of the molecule is C/C=C(\c1cccs1)S(=O)(=O)c1ccccc1. The average molecular weight is 264 g/mol. The fraction of sp³-hybridized carbons (Fsp3) is 0.0769. The summed E-state index contributed by atoms with van der Waals surface area (Å²) in [6.07, 6.45) is 1.65. The van der Waals surface area contributed by atoms with E-state index in [2.05, 4.69) is 0 Å². The zero-order valence-electron chi connectivity index (χ0n) is 9.33. The van der Waals surface area contributed by atoms with Crippen LogP contribution in [0.4, 0.5) is 0 Å². The van der Waals surface area contributed by atoms with Crippen LogP contribution < -0.4 is 0 Å². The number of sulfone groups is 1. The molecule has 0 aliphatic carbocycles. The van der Waals surface area contributed by atoms with Gasteiger partial charge in [0.2, 0.25) is 9.84 Å². The third kappa shape index (κ3) is 2.33. The van der Waals surface area contributed by atoms with E-state index in [1.165, 1.54) is 11.3 Å². The lowest BCUT2D eigenvalue weighted by Gasteiger charge is -2.06. The Morgan fingerprint density at radius 1 is 1.12 bits per heavy atom. The largest absolute Gasteiger partial charge is 0.218 e. The summed E-state index contributed by atoms with van der Waals surface area (Å²) in [5, 5.41) is 1.87. The quantitative estimate of drug-likeness (QED) is 0.849. The second-order valence-corrected chi connectivity index (χ2v) is 6.31. The molecule has 0 saturated carbocycles. The molecular formula is C13H12O2S2. The van der Waals surface area contributed by atoms with E-state index in [1.807, 2.05) is 17.5 Å². The Labute approximate surface area is 105 Å². The monoisotopic (exact) mass is 264 g/mol. The van der Waals surface area contributed by atoms with Gasteiger partial charge in [-0.1, -0.05) is 30.3 Å². The molecular weight excluding hydrogens is 252 g/mol. The van der Waals surface area contributed by atoms with Crippen molar-refractivity contribution in [2.24, 2.45) is 0 Å². The Bertz CT molecular complexity index is 609. The third-order valence-electron chi connectivity index (χ3n) is 2.37. The van der Waals surface area contributed by atoms with Crippen LogP contribution in [0, 0.1) is 0 Å². The van der Waals surface area contributed by atoms with E-state index >= 15 is 0 Å². The Hall–Kier alpha value is -1.39. The number of hydrogen-bond donors (Lipinski definition) is 0. The van der Waals surface area contributed by atoms with Gasteiger partial charge in [-0.05, 0) is 30.5 Å². The van der Waals surface area contributed by atoms with Gasteiger partial charge in [0.05, 0.1) is 9.80 Å². The second-order valence-electron chi connectivity index (χ2n) is 3.45. The third-order valence-corrected chi connectivity index (χ3v) is 5.33. The summed E-state index contributed by atoms with van der Waals surface area (Å²) in [6.45, 7) is 1.75. The molecule has 4 heteroatoms. The lowest BCUT2D eigenvalue weighted by Crippen LogP contribution is -2.02. The Balaban J connectivity index is 2.53. The number of hydrogen-bond acceptors (Lipinski definition) is 3. The zero-order chi connectivity index (χ0) is 12.3. The zero-order valence-corrected chi connectivity index (χ0v) is 11.0. The minimum absolute atomic E-state index is 0.335. The van der Waals surface area contributed by atoms with Crippen molar-refractivity contribution in [1.29, 1.82) is 0 Å². The van der Waals surface area contributed by atoms with Crippen LogP contribution in [0.3, 0.4) is 0 Å². The summed E-state index contributed by atoms with van der Waals surface area (Å²) >= 11 is 1.43. The van der Waals surface area contributed by atoms with Crippen LogP contribution in [-0.4, -0.2) is 8.42 Å². The van der Waals surface area contributed by atoms with E-state index < -0.39 is 9.84 Å². The predicted octanol–water partition coefficient (Wildman–Crippen LogP) is 3.58. The number of rotatable bonds is 3. The Morgan fingerprint density at radius 3 is 2.35 bits per heavy atom. The van der Waals surface area contributed by atoms with E-state index in [9.17, 15) is 8.42 Å². The van der Waals surface area contributed by atoms with Crippen molar-refractivity contribution in [3.8, 4) is 0 Å². The molecule has 1 aromatic heterocycles. The van der Waals surface area contributed by atoms with Gasteiger partial charge in [-0.25, -0.2) is 8.42 Å². The maximum atomic E-state index is 12.4. The van der Waals surface area contributed by atoms with Crippen molar-refractivity contribution in [2.75, 3.05) is 0 Å². The molecule has 0 radical (unpaired) electrons. The smallest absolute Gasteiger partial charge is 0.207 e. The molecule has 17 heavy (non-hydrogen) atoms. The molecule has 0 fully saturated rings. The molecule has 0 spiro atoms. The molecule has 2 rings (SSSR count). The first-order chi connectivity index (χ1) is 8.16. The molecule has 0 aliphatic rings. The molecule has 0 aliphatic heterocycles. The molecule has 0 amide bonds. The second kappa shape index (κ2) is 4.85. The van der Waals surface area contributed by atoms with Crippen LogP contribution in [0.2, 0.25) is 0 Å². The van der Waals surface area contributed by atoms with Gasteiger partial charge in [0.1, 0.15) is 0 Å². The maximum Gasteiger partial charge on any atom is 0.207 e. The topological polar surface area (TPSA) is 34.1 Å². The van der Waals surface area contributed by atoms with Crippen LogP contribution in [-0.2, 0) is 9.84 Å². The van der Waals surface area contributed by atoms with Crippen LogP contribution in [0.5, 0.6) is 0 Å². The van der Waals surface area contributed by atoms with Crippen molar-refractivity contribution in [1.82, 2.24) is 0 Å². The predicted molar refractivity (Wildman–Crippen MR) is 71.6 cm³/mol. The highest BCUT2D eigenvalue weighted by Crippen LogP contribution is 2.30. The lowest BCUT2D eigenvalue weighted by molar-refractivity contribution is 0.606. The van der Waals surface area contributed by atoms with Crippen molar-refractivity contribution in [2.45, 2.75) is 11.8 Å². The fourth-order valence-corrected chi connectivity index (χ4v) is 4.16. The van der Waals surface area contributed by atoms with Crippen LogP contribution in [0.1, 0.15) is 11.8 Å². The minimum atomic E-state index is -3.40. The van der Waals surface area contributed by atoms with E-state index in [4.69, 9.17) is 0 Å². The number of benzene rings is 1. The molecule has 88 valence electrons. The Morgan fingerprint density at radius 2 is 1.82 bits per heavy atom. The van der Waals surface area contributed by atoms with E-state index in [0.29, 0.717) is 9.80 Å². The van der Waals surface area contributed by atoms with Crippen LogP contribution in [0.15, 0.2) is 58.8 Å². The minimum Gasteiger partial charge on any atom is -0.218 e. The van der Waals surface area contributed by atoms with Gasteiger partial charge in [-0.15, -0.1) is 11.3 Å². The normalized spacial score (nSPS) is 12.6. The lowest BCUT2D eigenvalue weighted by atomic mass is 10.4. The van der Waals surface area contributed by atoms with Crippen molar-refractivity contribution < 1.29 is 8.42 Å². The highest BCUT2D eigenvalue weighted by Gasteiger charge is 2.21. The molecule has 0 saturated heterocycles. The molecule has 2 aromatic rings. The van der Waals surface area contributed by atoms with E-state index in [-0.39, 0.29) is 0 Å². The molecule has 0 atom stereocenters. The highest BCUT2D eigenvalue weighted by atomic mass is 32.2. The van der Waals surface area contributed by atoms with Gasteiger partial charge in [-0.2, -0.15) is 0 Å². The van der Waals surface area contributed by atoms with Gasteiger partial charge in [0, 0.05) is 4.88 Å². The number of allylic oxidation sites excluding steroid dienone is 1. The van der Waals surface area contributed by atoms with Gasteiger partial charge in [0.25, 0.3) is 0 Å². The molecule has 0 bridgehead atoms. The molecule has 0 unspecified atom stereocenters. The standard InChI is InChI=1S/C13H12O2S2/c1-2-13(12-9-6-10-16-12)17(14,15)11-7-4-3-5-8-11/h2-10H,1H3/b13-2+. The van der Waals surface area contributed by atoms with Gasteiger partial charge in [0.15, 0.2) is 0 Å². The summed E-state index contributed by atoms with van der Waals surface area (Å²) in [5.74, 6) is 0. The van der Waals surface area contributed by atoms with Crippen LogP contribution >= 0.6 is 11.3 Å². The first-order valence-electron chi connectivity index (χ1n) is 5.16. The van der Waals surface area contributed by atoms with Gasteiger partial charge in [-0.3, -0.25) is 0 Å².